The summed E-state index contributed by atoms with van der Waals surface area (Å²) in [5, 5.41) is 18.1. The number of carbonyl (C=O) groups excluding carboxylic acids is 6. The first-order valence-corrected chi connectivity index (χ1v) is 17.2. The van der Waals surface area contributed by atoms with E-state index < -0.39 is 70.9 Å². The Labute approximate surface area is 301 Å². The van der Waals surface area contributed by atoms with Gasteiger partial charge in [-0.3, -0.25) is 38.5 Å². The van der Waals surface area contributed by atoms with Gasteiger partial charge in [-0.2, -0.15) is 0 Å². The number of benzene rings is 1. The van der Waals surface area contributed by atoms with E-state index in [1.54, 1.807) is 20.2 Å². The minimum Gasteiger partial charge on any atom is -0.481 e. The monoisotopic (exact) mass is 709 g/mol. The number of likely N-dealkylation sites (N-methyl/N-ethyl adjacent to an activating group) is 2. The number of aliphatic carboxylic acids is 1. The molecule has 280 valence electrons. The first-order valence-electron chi connectivity index (χ1n) is 17.2. The van der Waals surface area contributed by atoms with Gasteiger partial charge in [0, 0.05) is 43.2 Å². The molecular formula is C38H55N5O8. The summed E-state index contributed by atoms with van der Waals surface area (Å²) in [7, 11) is 3.30. The fourth-order valence-corrected chi connectivity index (χ4v) is 6.09. The van der Waals surface area contributed by atoms with Crippen molar-refractivity contribution >= 4 is 41.3 Å². The zero-order chi connectivity index (χ0) is 38.8. The number of Topliss-reactive ketones (excluding diaryl/α,β-unsaturated/α-hetero) is 1. The molecule has 1 heterocycles. The van der Waals surface area contributed by atoms with Gasteiger partial charge in [-0.25, -0.2) is 0 Å². The fourth-order valence-electron chi connectivity index (χ4n) is 6.09. The van der Waals surface area contributed by atoms with E-state index in [2.05, 4.69) is 16.0 Å². The van der Waals surface area contributed by atoms with Crippen molar-refractivity contribution < 1.29 is 38.7 Å². The van der Waals surface area contributed by atoms with E-state index in [0.717, 1.165) is 22.6 Å². The Kier molecular flexibility index (Phi) is 15.0. The maximum Gasteiger partial charge on any atom is 0.305 e. The van der Waals surface area contributed by atoms with E-state index >= 15 is 0 Å². The van der Waals surface area contributed by atoms with Gasteiger partial charge in [0.15, 0.2) is 5.78 Å². The molecule has 0 aliphatic carbocycles. The molecule has 1 aliphatic heterocycles. The van der Waals surface area contributed by atoms with Gasteiger partial charge in [-0.15, -0.1) is 0 Å². The van der Waals surface area contributed by atoms with Gasteiger partial charge in [0.25, 0.3) is 11.8 Å². The third-order valence-corrected chi connectivity index (χ3v) is 9.22. The summed E-state index contributed by atoms with van der Waals surface area (Å²) in [4.78, 5) is 91.9. The van der Waals surface area contributed by atoms with Gasteiger partial charge in [0.1, 0.15) is 6.04 Å². The lowest BCUT2D eigenvalue weighted by molar-refractivity contribution is -0.141. The molecule has 13 heteroatoms. The van der Waals surface area contributed by atoms with Gasteiger partial charge in [-0.05, 0) is 37.3 Å². The van der Waals surface area contributed by atoms with E-state index in [-0.39, 0.29) is 42.7 Å². The highest BCUT2D eigenvalue weighted by atomic mass is 16.4. The number of hydrogen-bond acceptors (Lipinski definition) is 8. The van der Waals surface area contributed by atoms with E-state index in [1.165, 1.54) is 11.8 Å². The summed E-state index contributed by atoms with van der Waals surface area (Å²) in [5.41, 5.74) is -0.195. The quantitative estimate of drug-likeness (QED) is 0.132. The van der Waals surface area contributed by atoms with Crippen LogP contribution in [0.4, 0.5) is 0 Å². The van der Waals surface area contributed by atoms with Crippen LogP contribution in [0.1, 0.15) is 80.2 Å². The highest BCUT2D eigenvalue weighted by Gasteiger charge is 2.41. The standard InChI is InChI=1S/C38H55N5O8/c1-23(2)27(21-24(3)34(49)40-26(22-31(47)48)28(44)17-14-20-43-29(45)18-19-30(43)46)42(10)36(51)33(37(4,5)6)41-35(50)32(39-9)38(7,8)25-15-12-11-13-16-25/h11-13,15-16,18-19,21,23,26-27,32-33,39H,14,17,20,22H2,1-10H3,(H,40,49)(H,41,50)(H,47,48)/b24-21+/t26-,27-,32-,33-/m1/s1. The Hall–Kier alpha value is -4.65. The lowest BCUT2D eigenvalue weighted by Gasteiger charge is -2.40. The van der Waals surface area contributed by atoms with E-state index in [4.69, 9.17) is 0 Å². The van der Waals surface area contributed by atoms with E-state index in [9.17, 15) is 38.7 Å². The minimum atomic E-state index is -1.35. The minimum absolute atomic E-state index is 0.0179. The molecule has 13 nitrogen and oxygen atoms in total. The molecule has 0 aromatic heterocycles. The Balaban J connectivity index is 2.24. The molecule has 0 fully saturated rings. The van der Waals surface area contributed by atoms with Crippen molar-refractivity contribution in [3.63, 3.8) is 0 Å². The summed E-state index contributed by atoms with van der Waals surface area (Å²) >= 11 is 0. The molecule has 1 aromatic rings. The Morgan fingerprint density at radius 3 is 1.98 bits per heavy atom. The largest absolute Gasteiger partial charge is 0.481 e. The van der Waals surface area contributed by atoms with E-state index in [0.29, 0.717) is 0 Å². The number of carboxylic acid groups (broad SMARTS) is 1. The van der Waals surface area contributed by atoms with Crippen molar-refractivity contribution in [2.45, 2.75) is 104 Å². The van der Waals surface area contributed by atoms with Crippen LogP contribution in [0, 0.1) is 11.3 Å². The molecule has 0 bridgehead atoms. The van der Waals surface area contributed by atoms with Gasteiger partial charge < -0.3 is 26.0 Å². The molecule has 4 atom stereocenters. The molecule has 4 N–H and O–H groups in total. The number of carbonyl (C=O) groups is 7. The van der Waals surface area contributed by atoms with Crippen molar-refractivity contribution in [1.29, 1.82) is 0 Å². The van der Waals surface area contributed by atoms with Crippen LogP contribution in [0.5, 0.6) is 0 Å². The first kappa shape index (κ1) is 42.5. The molecular weight excluding hydrogens is 654 g/mol. The van der Waals surface area contributed by atoms with Crippen LogP contribution in [0.3, 0.4) is 0 Å². The van der Waals surface area contributed by atoms with Crippen LogP contribution in [-0.4, -0.2) is 101 Å². The fraction of sp³-hybridized carbons (Fsp3) is 0.553. The molecule has 1 aliphatic rings. The van der Waals surface area contributed by atoms with Crippen LogP contribution < -0.4 is 16.0 Å². The molecule has 5 amide bonds. The average molecular weight is 710 g/mol. The molecule has 0 radical (unpaired) electrons. The third-order valence-electron chi connectivity index (χ3n) is 9.22. The molecule has 0 unspecified atom stereocenters. The number of nitrogens with one attached hydrogen (secondary N) is 3. The summed E-state index contributed by atoms with van der Waals surface area (Å²) in [6, 6.07) is 6.08. The third kappa shape index (κ3) is 11.4. The Bertz CT molecular complexity index is 1510. The Morgan fingerprint density at radius 2 is 1.49 bits per heavy atom. The molecule has 0 saturated heterocycles. The van der Waals surface area contributed by atoms with Crippen molar-refractivity contribution in [1.82, 2.24) is 25.8 Å². The highest BCUT2D eigenvalue weighted by molar-refractivity contribution is 6.12. The molecule has 0 saturated carbocycles. The van der Waals surface area contributed by atoms with Crippen LogP contribution in [0.15, 0.2) is 54.1 Å². The predicted octanol–water partition coefficient (Wildman–Crippen LogP) is 2.75. The second-order valence-corrected chi connectivity index (χ2v) is 15.0. The zero-order valence-electron chi connectivity index (χ0n) is 31.5. The van der Waals surface area contributed by atoms with Crippen molar-refractivity contribution in [3.8, 4) is 0 Å². The number of carboxylic acids is 1. The lowest BCUT2D eigenvalue weighted by Crippen LogP contribution is -2.61. The smallest absolute Gasteiger partial charge is 0.305 e. The van der Waals surface area contributed by atoms with Crippen LogP contribution in [-0.2, 0) is 39.0 Å². The second kappa shape index (κ2) is 18.0. The summed E-state index contributed by atoms with van der Waals surface area (Å²) in [6.07, 6.45) is 3.14. The van der Waals surface area contributed by atoms with Crippen molar-refractivity contribution in [2.24, 2.45) is 11.3 Å². The molecule has 51 heavy (non-hydrogen) atoms. The second-order valence-electron chi connectivity index (χ2n) is 15.0. The van der Waals surface area contributed by atoms with E-state index in [1.807, 2.05) is 78.8 Å². The highest BCUT2D eigenvalue weighted by Crippen LogP contribution is 2.29. The van der Waals surface area contributed by atoms with Crippen LogP contribution >= 0.6 is 0 Å². The maximum absolute atomic E-state index is 14.2. The zero-order valence-corrected chi connectivity index (χ0v) is 31.5. The van der Waals surface area contributed by atoms with Crippen LogP contribution in [0.2, 0.25) is 0 Å². The predicted molar refractivity (Wildman–Crippen MR) is 193 cm³/mol. The molecule has 0 spiro atoms. The number of nitrogens with zero attached hydrogens (tertiary/aromatic N) is 2. The van der Waals surface area contributed by atoms with Gasteiger partial charge >= 0.3 is 5.97 Å². The van der Waals surface area contributed by atoms with Crippen molar-refractivity contribution in [3.05, 3.63) is 59.7 Å². The number of imide groups is 1. The normalized spacial score (nSPS) is 16.1. The van der Waals surface area contributed by atoms with Crippen molar-refractivity contribution in [2.75, 3.05) is 20.6 Å². The average Bonchev–Trinajstić information content (AvgIpc) is 3.37. The summed E-state index contributed by atoms with van der Waals surface area (Å²) in [6.45, 7) is 14.7. The Morgan fingerprint density at radius 1 is 0.922 bits per heavy atom. The van der Waals surface area contributed by atoms with Gasteiger partial charge in [0.05, 0.1) is 24.5 Å². The number of hydrogen-bond donors (Lipinski definition) is 4. The maximum atomic E-state index is 14.2. The SMILES string of the molecule is CN[C@H](C(=O)N[C@H](C(=O)N(C)[C@H](/C=C(\C)C(=O)N[C@H](CC(=O)O)C(=O)CCCN1C(=O)C=CC1=O)C(C)C)C(C)(C)C)C(C)(C)c1ccccc1. The number of ketones is 1. The summed E-state index contributed by atoms with van der Waals surface area (Å²) < 4.78 is 0. The van der Waals surface area contributed by atoms with Gasteiger partial charge in [0.2, 0.25) is 17.7 Å². The summed E-state index contributed by atoms with van der Waals surface area (Å²) in [5.74, 6) is -4.40. The molecule has 2 rings (SSSR count). The lowest BCUT2D eigenvalue weighted by atomic mass is 9.76. The first-order chi connectivity index (χ1) is 23.6. The van der Waals surface area contributed by atoms with Crippen LogP contribution in [0.25, 0.3) is 0 Å². The number of rotatable bonds is 18. The topological polar surface area (TPSA) is 182 Å². The van der Waals surface area contributed by atoms with Gasteiger partial charge in [-0.1, -0.05) is 84.9 Å². The molecule has 1 aromatic carbocycles. The number of amides is 5.